The zero-order valence-corrected chi connectivity index (χ0v) is 18.7. The van der Waals surface area contributed by atoms with Gasteiger partial charge in [-0.1, -0.05) is 30.3 Å². The molecule has 1 aliphatic rings. The molecule has 3 aromatic rings. The molecule has 1 N–H and O–H groups in total. The molecule has 1 aliphatic heterocycles. The molecule has 6 heteroatoms. The Bertz CT molecular complexity index is 1070. The molecule has 2 aromatic carbocycles. The molecular formula is C25H26N2O3S. The number of ether oxygens (including phenoxy) is 1. The van der Waals surface area contributed by atoms with E-state index in [9.17, 15) is 9.59 Å². The molecule has 1 aromatic heterocycles. The molecule has 0 saturated heterocycles. The van der Waals surface area contributed by atoms with Crippen molar-refractivity contribution in [2.75, 3.05) is 25.6 Å². The highest BCUT2D eigenvalue weighted by Gasteiger charge is 2.44. The van der Waals surface area contributed by atoms with Crippen molar-refractivity contribution in [2.24, 2.45) is 0 Å². The largest absolute Gasteiger partial charge is 0.383 e. The number of fused-ring (bicyclic) bond motifs is 1. The van der Waals surface area contributed by atoms with Crippen LogP contribution in [0, 0.1) is 13.8 Å². The Morgan fingerprint density at radius 3 is 2.52 bits per heavy atom. The average Bonchev–Trinajstić information content (AvgIpc) is 3.26. The topological polar surface area (TPSA) is 58.6 Å². The first-order valence-electron chi connectivity index (χ1n) is 10.3. The van der Waals surface area contributed by atoms with Crippen LogP contribution in [0.1, 0.15) is 43.9 Å². The van der Waals surface area contributed by atoms with Gasteiger partial charge in [0, 0.05) is 29.8 Å². The Hall–Kier alpha value is -2.96. The lowest BCUT2D eigenvalue weighted by atomic mass is 9.81. The van der Waals surface area contributed by atoms with Crippen LogP contribution >= 0.6 is 11.3 Å². The predicted octanol–water partition coefficient (Wildman–Crippen LogP) is 4.93. The van der Waals surface area contributed by atoms with Gasteiger partial charge < -0.3 is 15.0 Å². The molecule has 0 unspecified atom stereocenters. The molecule has 0 saturated carbocycles. The average molecular weight is 435 g/mol. The van der Waals surface area contributed by atoms with E-state index in [4.69, 9.17) is 4.74 Å². The maximum atomic E-state index is 13.7. The lowest BCUT2D eigenvalue weighted by Gasteiger charge is -2.41. The molecule has 5 nitrogen and oxygen atoms in total. The number of aryl methyl sites for hydroxylation is 2. The normalized spacial score (nSPS) is 18.0. The second-order valence-electron chi connectivity index (χ2n) is 7.88. The van der Waals surface area contributed by atoms with Crippen molar-refractivity contribution in [3.63, 3.8) is 0 Å². The Morgan fingerprint density at radius 2 is 1.84 bits per heavy atom. The highest BCUT2D eigenvalue weighted by Crippen LogP contribution is 2.44. The number of nitrogens with zero attached hydrogens (tertiary/aromatic N) is 1. The SMILES string of the molecule is COCCN1C(=O)c2ccccc2[C@@H](C(=O)Nc2cc(C)cc(C)c2)[C@H]1c1cccs1. The van der Waals surface area contributed by atoms with Gasteiger partial charge >= 0.3 is 0 Å². The maximum Gasteiger partial charge on any atom is 0.254 e. The molecule has 160 valence electrons. The van der Waals surface area contributed by atoms with Crippen LogP contribution in [-0.4, -0.2) is 37.0 Å². The summed E-state index contributed by atoms with van der Waals surface area (Å²) >= 11 is 1.56. The summed E-state index contributed by atoms with van der Waals surface area (Å²) in [6.45, 7) is 4.84. The number of carbonyl (C=O) groups excluding carboxylic acids is 2. The first-order chi connectivity index (χ1) is 15.0. The van der Waals surface area contributed by atoms with Crippen LogP contribution < -0.4 is 5.32 Å². The number of thiophene rings is 1. The first kappa shape index (κ1) is 21.3. The lowest BCUT2D eigenvalue weighted by Crippen LogP contribution is -2.47. The van der Waals surface area contributed by atoms with Crippen LogP contribution in [-0.2, 0) is 9.53 Å². The van der Waals surface area contributed by atoms with Gasteiger partial charge in [0.2, 0.25) is 5.91 Å². The quantitative estimate of drug-likeness (QED) is 0.598. The second-order valence-corrected chi connectivity index (χ2v) is 8.86. The van der Waals surface area contributed by atoms with Crippen LogP contribution in [0.2, 0.25) is 0 Å². The summed E-state index contributed by atoms with van der Waals surface area (Å²) in [6, 6.07) is 17.0. The van der Waals surface area contributed by atoms with Crippen LogP contribution in [0.3, 0.4) is 0 Å². The van der Waals surface area contributed by atoms with Gasteiger partial charge in [-0.25, -0.2) is 0 Å². The van der Waals surface area contributed by atoms with E-state index in [2.05, 4.69) is 11.4 Å². The van der Waals surface area contributed by atoms with Crippen molar-refractivity contribution in [1.82, 2.24) is 4.90 Å². The number of nitrogens with one attached hydrogen (secondary N) is 1. The third-order valence-corrected chi connectivity index (χ3v) is 6.52. The number of hydrogen-bond acceptors (Lipinski definition) is 4. The molecular weight excluding hydrogens is 408 g/mol. The minimum absolute atomic E-state index is 0.0681. The fourth-order valence-corrected chi connectivity index (χ4v) is 5.23. The van der Waals surface area contributed by atoms with Gasteiger partial charge in [0.25, 0.3) is 5.91 Å². The predicted molar refractivity (Wildman–Crippen MR) is 124 cm³/mol. The summed E-state index contributed by atoms with van der Waals surface area (Å²) in [6.07, 6.45) is 0. The molecule has 0 aliphatic carbocycles. The van der Waals surface area contributed by atoms with E-state index in [0.29, 0.717) is 18.7 Å². The van der Waals surface area contributed by atoms with Crippen LogP contribution in [0.15, 0.2) is 60.0 Å². The van der Waals surface area contributed by atoms with Crippen molar-refractivity contribution in [3.8, 4) is 0 Å². The second kappa shape index (κ2) is 9.04. The van der Waals surface area contributed by atoms with Crippen LogP contribution in [0.4, 0.5) is 5.69 Å². The van der Waals surface area contributed by atoms with Gasteiger partial charge in [0.15, 0.2) is 0 Å². The smallest absolute Gasteiger partial charge is 0.254 e. The molecule has 31 heavy (non-hydrogen) atoms. The standard InChI is InChI=1S/C25H26N2O3S/c1-16-13-17(2)15-18(14-16)26-24(28)22-19-7-4-5-8-20(19)25(29)27(10-11-30-3)23(22)21-9-6-12-31-21/h4-9,12-15,22-23H,10-11H2,1-3H3,(H,26,28)/t22-,23-/m1/s1. The highest BCUT2D eigenvalue weighted by molar-refractivity contribution is 7.10. The summed E-state index contributed by atoms with van der Waals surface area (Å²) in [7, 11) is 1.62. The highest BCUT2D eigenvalue weighted by atomic mass is 32.1. The van der Waals surface area contributed by atoms with Gasteiger partial charge in [-0.15, -0.1) is 11.3 Å². The van der Waals surface area contributed by atoms with E-state index in [-0.39, 0.29) is 17.9 Å². The number of amides is 2. The molecule has 2 atom stereocenters. The molecule has 4 rings (SSSR count). The molecule has 2 amide bonds. The van der Waals surface area contributed by atoms with Gasteiger partial charge in [-0.05, 0) is 60.2 Å². The number of anilines is 1. The van der Waals surface area contributed by atoms with Gasteiger partial charge in [-0.3, -0.25) is 9.59 Å². The number of rotatable bonds is 6. The van der Waals surface area contributed by atoms with Gasteiger partial charge in [-0.2, -0.15) is 0 Å². The van der Waals surface area contributed by atoms with Crippen molar-refractivity contribution in [3.05, 3.63) is 87.1 Å². The first-order valence-corrected chi connectivity index (χ1v) is 11.2. The zero-order valence-electron chi connectivity index (χ0n) is 17.9. The van der Waals surface area contributed by atoms with Gasteiger partial charge in [0.05, 0.1) is 18.6 Å². The number of benzene rings is 2. The molecule has 2 heterocycles. The van der Waals surface area contributed by atoms with E-state index >= 15 is 0 Å². The number of methoxy groups -OCH3 is 1. The van der Waals surface area contributed by atoms with Crippen molar-refractivity contribution in [1.29, 1.82) is 0 Å². The molecule has 0 radical (unpaired) electrons. The van der Waals surface area contributed by atoms with E-state index in [1.54, 1.807) is 29.4 Å². The van der Waals surface area contributed by atoms with E-state index < -0.39 is 5.92 Å². The van der Waals surface area contributed by atoms with Gasteiger partial charge in [0.1, 0.15) is 0 Å². The summed E-state index contributed by atoms with van der Waals surface area (Å²) in [4.78, 5) is 29.9. The Kier molecular flexibility index (Phi) is 6.20. The maximum absolute atomic E-state index is 13.7. The number of carbonyl (C=O) groups is 2. The molecule has 0 fully saturated rings. The monoisotopic (exact) mass is 434 g/mol. The zero-order chi connectivity index (χ0) is 22.0. The molecule has 0 bridgehead atoms. The summed E-state index contributed by atoms with van der Waals surface area (Å²) in [5.74, 6) is -0.711. The van der Waals surface area contributed by atoms with E-state index in [0.717, 1.165) is 27.3 Å². The third kappa shape index (κ3) is 4.27. The molecule has 0 spiro atoms. The minimum atomic E-state index is -0.523. The lowest BCUT2D eigenvalue weighted by molar-refractivity contribution is -0.119. The van der Waals surface area contributed by atoms with Crippen molar-refractivity contribution < 1.29 is 14.3 Å². The van der Waals surface area contributed by atoms with E-state index in [1.165, 1.54) is 0 Å². The number of hydrogen-bond donors (Lipinski definition) is 1. The summed E-state index contributed by atoms with van der Waals surface area (Å²) in [5, 5.41) is 5.09. The Balaban J connectivity index is 1.80. The van der Waals surface area contributed by atoms with Crippen LogP contribution in [0.25, 0.3) is 0 Å². The van der Waals surface area contributed by atoms with Crippen LogP contribution in [0.5, 0.6) is 0 Å². The van der Waals surface area contributed by atoms with Crippen molar-refractivity contribution in [2.45, 2.75) is 25.8 Å². The Labute approximate surface area is 186 Å². The fraction of sp³-hybridized carbons (Fsp3) is 0.280. The fourth-order valence-electron chi connectivity index (χ4n) is 4.35. The third-order valence-electron chi connectivity index (χ3n) is 5.58. The van der Waals surface area contributed by atoms with E-state index in [1.807, 2.05) is 61.7 Å². The summed E-state index contributed by atoms with van der Waals surface area (Å²) in [5.41, 5.74) is 4.29. The Morgan fingerprint density at radius 1 is 1.10 bits per heavy atom. The summed E-state index contributed by atoms with van der Waals surface area (Å²) < 4.78 is 5.27. The van der Waals surface area contributed by atoms with Crippen molar-refractivity contribution >= 4 is 28.8 Å². The minimum Gasteiger partial charge on any atom is -0.383 e.